The van der Waals surface area contributed by atoms with Crippen molar-refractivity contribution in [3.8, 4) is 16.9 Å². The third-order valence-electron chi connectivity index (χ3n) is 5.49. The third-order valence-corrected chi connectivity index (χ3v) is 6.02. The highest BCUT2D eigenvalue weighted by Gasteiger charge is 2.20. The Morgan fingerprint density at radius 3 is 2.57 bits per heavy atom. The Bertz CT molecular complexity index is 1110. The minimum atomic E-state index is -0.00377. The predicted molar refractivity (Wildman–Crippen MR) is 122 cm³/mol. The van der Waals surface area contributed by atoms with Crippen LogP contribution in [0.25, 0.3) is 27.7 Å². The second-order valence-corrected chi connectivity index (χ2v) is 8.30. The van der Waals surface area contributed by atoms with Gasteiger partial charge in [-0.05, 0) is 43.2 Å². The molecule has 1 amide bonds. The molecule has 2 aromatic carbocycles. The van der Waals surface area contributed by atoms with Crippen LogP contribution in [0.4, 0.5) is 0 Å². The van der Waals surface area contributed by atoms with Crippen molar-refractivity contribution in [2.45, 2.75) is 13.8 Å². The summed E-state index contributed by atoms with van der Waals surface area (Å²) < 4.78 is 18.0. The number of furan rings is 1. The number of amides is 1. The molecule has 0 bridgehead atoms. The maximum Gasteiger partial charge on any atom is 0.247 e. The van der Waals surface area contributed by atoms with Crippen LogP contribution in [0.3, 0.4) is 0 Å². The van der Waals surface area contributed by atoms with Crippen molar-refractivity contribution in [3.05, 3.63) is 58.3 Å². The van der Waals surface area contributed by atoms with Crippen molar-refractivity contribution < 1.29 is 18.7 Å². The zero-order valence-electron chi connectivity index (χ0n) is 17.3. The van der Waals surface area contributed by atoms with Crippen LogP contribution in [0, 0.1) is 6.92 Å². The van der Waals surface area contributed by atoms with Crippen LogP contribution >= 0.6 is 15.9 Å². The molecule has 30 heavy (non-hydrogen) atoms. The van der Waals surface area contributed by atoms with Gasteiger partial charge < -0.3 is 18.8 Å². The Kier molecular flexibility index (Phi) is 5.97. The van der Waals surface area contributed by atoms with E-state index in [0.717, 1.165) is 49.0 Å². The number of halogens is 1. The lowest BCUT2D eigenvalue weighted by molar-refractivity contribution is -0.129. The first-order chi connectivity index (χ1) is 14.5. The molecule has 156 valence electrons. The van der Waals surface area contributed by atoms with E-state index in [1.807, 2.05) is 30.9 Å². The summed E-state index contributed by atoms with van der Waals surface area (Å²) in [5, 5.41) is 0.997. The topological polar surface area (TPSA) is 51.9 Å². The number of hydrogen-bond donors (Lipinski definition) is 0. The minimum absolute atomic E-state index is 0.00377. The van der Waals surface area contributed by atoms with Gasteiger partial charge in [-0.15, -0.1) is 0 Å². The van der Waals surface area contributed by atoms with Gasteiger partial charge in [0.05, 0.1) is 26.6 Å². The van der Waals surface area contributed by atoms with Crippen LogP contribution in [0.2, 0.25) is 0 Å². The van der Waals surface area contributed by atoms with Crippen LogP contribution in [0.1, 0.15) is 18.1 Å². The van der Waals surface area contributed by atoms with Gasteiger partial charge in [0, 0.05) is 45.7 Å². The molecule has 0 saturated carbocycles. The highest BCUT2D eigenvalue weighted by molar-refractivity contribution is 9.10. The first kappa shape index (κ1) is 20.7. The first-order valence-corrected chi connectivity index (χ1v) is 10.7. The number of methoxy groups -OCH3 is 1. The monoisotopic (exact) mass is 469 g/mol. The van der Waals surface area contributed by atoms with Crippen LogP contribution < -0.4 is 4.74 Å². The maximum atomic E-state index is 12.7. The Hall–Kier alpha value is -2.57. The number of morpholine rings is 1. The van der Waals surface area contributed by atoms with E-state index in [9.17, 15) is 4.79 Å². The summed E-state index contributed by atoms with van der Waals surface area (Å²) in [6.45, 7) is 6.33. The van der Waals surface area contributed by atoms with Crippen molar-refractivity contribution in [1.82, 2.24) is 4.90 Å². The van der Waals surface area contributed by atoms with Crippen molar-refractivity contribution in [3.63, 3.8) is 0 Å². The standard InChI is InChI=1S/C24H24BrNO4/c1-15(12-22(27)26-8-10-29-11-9-26)19-13-20-21(17-4-6-18(25)7-5-17)14-30-24(20)16(2)23(19)28-3/h4-7,12-14H,8-11H2,1-3H3/b15-12+. The Labute approximate surface area is 184 Å². The van der Waals surface area contributed by atoms with E-state index in [1.165, 1.54) is 0 Å². The van der Waals surface area contributed by atoms with E-state index in [4.69, 9.17) is 13.9 Å². The molecular formula is C24H24BrNO4. The molecule has 1 aromatic heterocycles. The average Bonchev–Trinajstić information content (AvgIpc) is 3.19. The fourth-order valence-electron chi connectivity index (χ4n) is 3.86. The summed E-state index contributed by atoms with van der Waals surface area (Å²) >= 11 is 3.48. The summed E-state index contributed by atoms with van der Waals surface area (Å²) in [6.07, 6.45) is 3.47. The third kappa shape index (κ3) is 3.89. The van der Waals surface area contributed by atoms with Gasteiger partial charge in [0.25, 0.3) is 0 Å². The summed E-state index contributed by atoms with van der Waals surface area (Å²) in [5.74, 6) is 0.721. The van der Waals surface area contributed by atoms with Crippen LogP contribution in [-0.2, 0) is 9.53 Å². The Balaban J connectivity index is 1.80. The number of allylic oxidation sites excluding steroid dienone is 1. The van der Waals surface area contributed by atoms with E-state index >= 15 is 0 Å². The Morgan fingerprint density at radius 1 is 1.20 bits per heavy atom. The van der Waals surface area contributed by atoms with Crippen LogP contribution in [0.15, 0.2) is 51.6 Å². The summed E-state index contributed by atoms with van der Waals surface area (Å²) in [6, 6.07) is 10.2. The van der Waals surface area contributed by atoms with Gasteiger partial charge in [0.15, 0.2) is 0 Å². The molecular weight excluding hydrogens is 446 g/mol. The lowest BCUT2D eigenvalue weighted by atomic mass is 9.96. The zero-order valence-corrected chi connectivity index (χ0v) is 18.9. The molecule has 0 aliphatic carbocycles. The second-order valence-electron chi connectivity index (χ2n) is 7.38. The summed E-state index contributed by atoms with van der Waals surface area (Å²) in [4.78, 5) is 14.5. The molecule has 0 unspecified atom stereocenters. The molecule has 3 aromatic rings. The number of rotatable bonds is 4. The molecule has 2 heterocycles. The average molecular weight is 470 g/mol. The zero-order chi connectivity index (χ0) is 21.3. The maximum absolute atomic E-state index is 12.7. The van der Waals surface area contributed by atoms with Gasteiger partial charge in [-0.3, -0.25) is 4.79 Å². The molecule has 0 atom stereocenters. The van der Waals surface area contributed by atoms with Gasteiger partial charge in [-0.2, -0.15) is 0 Å². The first-order valence-electron chi connectivity index (χ1n) is 9.89. The van der Waals surface area contributed by atoms with Crippen LogP contribution in [0.5, 0.6) is 5.75 Å². The van der Waals surface area contributed by atoms with Crippen LogP contribution in [-0.4, -0.2) is 44.2 Å². The highest BCUT2D eigenvalue weighted by Crippen LogP contribution is 2.40. The number of fused-ring (bicyclic) bond motifs is 1. The number of hydrogen-bond acceptors (Lipinski definition) is 4. The van der Waals surface area contributed by atoms with Crippen molar-refractivity contribution in [1.29, 1.82) is 0 Å². The second kappa shape index (κ2) is 8.66. The van der Waals surface area contributed by atoms with Crippen molar-refractivity contribution in [2.24, 2.45) is 0 Å². The van der Waals surface area contributed by atoms with E-state index in [1.54, 1.807) is 19.4 Å². The van der Waals surface area contributed by atoms with E-state index in [0.29, 0.717) is 26.3 Å². The van der Waals surface area contributed by atoms with Gasteiger partial charge in [0.1, 0.15) is 11.3 Å². The van der Waals surface area contributed by atoms with Gasteiger partial charge in [-0.1, -0.05) is 28.1 Å². The highest BCUT2D eigenvalue weighted by atomic mass is 79.9. The molecule has 1 fully saturated rings. The molecule has 1 aliphatic heterocycles. The van der Waals surface area contributed by atoms with E-state index in [-0.39, 0.29) is 5.91 Å². The SMILES string of the molecule is COc1c(/C(C)=C/C(=O)N2CCOCC2)cc2c(-c3ccc(Br)cc3)coc2c1C. The largest absolute Gasteiger partial charge is 0.496 e. The van der Waals surface area contributed by atoms with Gasteiger partial charge in [-0.25, -0.2) is 0 Å². The molecule has 4 rings (SSSR count). The van der Waals surface area contributed by atoms with E-state index in [2.05, 4.69) is 34.1 Å². The molecule has 5 nitrogen and oxygen atoms in total. The minimum Gasteiger partial charge on any atom is -0.496 e. The fraction of sp³-hybridized carbons (Fsp3) is 0.292. The lowest BCUT2D eigenvalue weighted by Crippen LogP contribution is -2.39. The quantitative estimate of drug-likeness (QED) is 0.477. The molecule has 1 saturated heterocycles. The van der Waals surface area contributed by atoms with Crippen molar-refractivity contribution >= 4 is 38.4 Å². The molecule has 0 radical (unpaired) electrons. The summed E-state index contributed by atoms with van der Waals surface area (Å²) in [5.41, 5.74) is 5.54. The fourth-order valence-corrected chi connectivity index (χ4v) is 4.13. The molecule has 1 aliphatic rings. The smallest absolute Gasteiger partial charge is 0.247 e. The Morgan fingerprint density at radius 2 is 1.90 bits per heavy atom. The lowest BCUT2D eigenvalue weighted by Gasteiger charge is -2.26. The van der Waals surface area contributed by atoms with Gasteiger partial charge >= 0.3 is 0 Å². The molecule has 0 N–H and O–H groups in total. The molecule has 0 spiro atoms. The number of nitrogens with zero attached hydrogens (tertiary/aromatic N) is 1. The van der Waals surface area contributed by atoms with Gasteiger partial charge in [0.2, 0.25) is 5.91 Å². The predicted octanol–water partition coefficient (Wildman–Crippen LogP) is 5.44. The number of carbonyl (C=O) groups excluding carboxylic acids is 1. The van der Waals surface area contributed by atoms with Crippen molar-refractivity contribution in [2.75, 3.05) is 33.4 Å². The number of benzene rings is 2. The molecule has 6 heteroatoms. The van der Waals surface area contributed by atoms with E-state index < -0.39 is 0 Å². The number of ether oxygens (including phenoxy) is 2. The number of aryl methyl sites for hydroxylation is 1. The summed E-state index contributed by atoms with van der Waals surface area (Å²) in [7, 11) is 1.65. The normalized spacial score (nSPS) is 14.9. The number of carbonyl (C=O) groups is 1.